The Morgan fingerprint density at radius 1 is 1.39 bits per heavy atom. The van der Waals surface area contributed by atoms with Crippen LogP contribution in [0.25, 0.3) is 0 Å². The normalized spacial score (nSPS) is 22.8. The Labute approximate surface area is 108 Å². The third kappa shape index (κ3) is 3.19. The number of allylic oxidation sites excluding steroid dienone is 2. The Morgan fingerprint density at radius 3 is 2.78 bits per heavy atom. The first-order valence-electron chi connectivity index (χ1n) is 6.41. The first-order valence-corrected chi connectivity index (χ1v) is 6.41. The summed E-state index contributed by atoms with van der Waals surface area (Å²) in [5, 5.41) is 0. The minimum absolute atomic E-state index is 0.0208. The van der Waals surface area contributed by atoms with Crippen molar-refractivity contribution in [2.75, 3.05) is 6.61 Å². The van der Waals surface area contributed by atoms with Crippen molar-refractivity contribution in [2.45, 2.75) is 26.7 Å². The number of Topliss-reactive ketones (excluding diaryl/α,β-unsaturated/α-hetero) is 1. The second kappa shape index (κ2) is 5.80. The predicted octanol–water partition coefficient (Wildman–Crippen LogP) is 3.27. The van der Waals surface area contributed by atoms with Gasteiger partial charge in [0.15, 0.2) is 5.78 Å². The van der Waals surface area contributed by atoms with Gasteiger partial charge in [-0.25, -0.2) is 4.98 Å². The Hall–Kier alpha value is -1.64. The number of hydrogen-bond acceptors (Lipinski definition) is 3. The standard InChI is InChI=1S/C15H19NO2/c1-11-5-3-4-6-13(11)10-18-14-7-8-15(12(2)17)16-9-14/h3-4,7-9,11,13H,5-6,10H2,1-2H3. The van der Waals surface area contributed by atoms with Crippen molar-refractivity contribution in [3.8, 4) is 5.75 Å². The van der Waals surface area contributed by atoms with Crippen molar-refractivity contribution in [3.05, 3.63) is 36.2 Å². The number of nitrogens with zero attached hydrogens (tertiary/aromatic N) is 1. The predicted molar refractivity (Wildman–Crippen MR) is 70.8 cm³/mol. The third-order valence-corrected chi connectivity index (χ3v) is 3.48. The Morgan fingerprint density at radius 2 is 2.17 bits per heavy atom. The fraction of sp³-hybridized carbons (Fsp3) is 0.467. The molecule has 2 atom stereocenters. The fourth-order valence-electron chi connectivity index (χ4n) is 2.12. The van der Waals surface area contributed by atoms with Gasteiger partial charge >= 0.3 is 0 Å². The van der Waals surface area contributed by atoms with Crippen LogP contribution in [0.4, 0.5) is 0 Å². The molecule has 1 aromatic heterocycles. The van der Waals surface area contributed by atoms with Crippen LogP contribution in [0, 0.1) is 11.8 Å². The van der Waals surface area contributed by atoms with Gasteiger partial charge in [0.25, 0.3) is 0 Å². The Bertz CT molecular complexity index is 436. The molecule has 0 bridgehead atoms. The molecule has 0 saturated heterocycles. The van der Waals surface area contributed by atoms with Gasteiger partial charge in [-0.2, -0.15) is 0 Å². The van der Waals surface area contributed by atoms with Crippen LogP contribution in [0.3, 0.4) is 0 Å². The Kier molecular flexibility index (Phi) is 4.13. The molecule has 3 heteroatoms. The summed E-state index contributed by atoms with van der Waals surface area (Å²) in [6, 6.07) is 3.52. The molecule has 2 unspecified atom stereocenters. The van der Waals surface area contributed by atoms with Gasteiger partial charge in [-0.15, -0.1) is 0 Å². The molecule has 18 heavy (non-hydrogen) atoms. The lowest BCUT2D eigenvalue weighted by Crippen LogP contribution is -2.21. The van der Waals surface area contributed by atoms with Crippen LogP contribution in [-0.2, 0) is 0 Å². The maximum absolute atomic E-state index is 11.1. The van der Waals surface area contributed by atoms with E-state index in [0.717, 1.165) is 18.6 Å². The molecule has 1 aliphatic rings. The van der Waals surface area contributed by atoms with E-state index in [9.17, 15) is 4.79 Å². The van der Waals surface area contributed by atoms with Crippen LogP contribution in [0.2, 0.25) is 0 Å². The second-order valence-corrected chi connectivity index (χ2v) is 4.93. The number of rotatable bonds is 4. The molecule has 0 amide bonds. The summed E-state index contributed by atoms with van der Waals surface area (Å²) in [7, 11) is 0. The minimum atomic E-state index is -0.0208. The summed E-state index contributed by atoms with van der Waals surface area (Å²) in [6.45, 7) is 4.49. The van der Waals surface area contributed by atoms with Gasteiger partial charge in [-0.3, -0.25) is 4.79 Å². The van der Waals surface area contributed by atoms with E-state index in [0.29, 0.717) is 24.1 Å². The molecule has 2 rings (SSSR count). The van der Waals surface area contributed by atoms with Crippen molar-refractivity contribution in [3.63, 3.8) is 0 Å². The lowest BCUT2D eigenvalue weighted by Gasteiger charge is -2.25. The van der Waals surface area contributed by atoms with Crippen molar-refractivity contribution >= 4 is 5.78 Å². The highest BCUT2D eigenvalue weighted by molar-refractivity contribution is 5.92. The molecule has 0 saturated carbocycles. The first-order chi connectivity index (χ1) is 8.66. The summed E-state index contributed by atoms with van der Waals surface area (Å²) in [6.07, 6.45) is 8.31. The van der Waals surface area contributed by atoms with Crippen molar-refractivity contribution in [2.24, 2.45) is 11.8 Å². The lowest BCUT2D eigenvalue weighted by molar-refractivity contribution is 0.101. The SMILES string of the molecule is CC(=O)c1ccc(OCC2CC=CCC2C)cn1. The van der Waals surface area contributed by atoms with E-state index >= 15 is 0 Å². The molecule has 0 radical (unpaired) electrons. The molecule has 0 fully saturated rings. The quantitative estimate of drug-likeness (QED) is 0.603. The van der Waals surface area contributed by atoms with Crippen LogP contribution >= 0.6 is 0 Å². The zero-order valence-electron chi connectivity index (χ0n) is 10.9. The maximum atomic E-state index is 11.1. The average Bonchev–Trinajstić information content (AvgIpc) is 2.38. The van der Waals surface area contributed by atoms with E-state index < -0.39 is 0 Å². The number of pyridine rings is 1. The summed E-state index contributed by atoms with van der Waals surface area (Å²) >= 11 is 0. The van der Waals surface area contributed by atoms with Crippen LogP contribution in [-0.4, -0.2) is 17.4 Å². The van der Waals surface area contributed by atoms with Crippen LogP contribution in [0.15, 0.2) is 30.5 Å². The fourth-order valence-corrected chi connectivity index (χ4v) is 2.12. The zero-order valence-corrected chi connectivity index (χ0v) is 10.9. The van der Waals surface area contributed by atoms with Crippen LogP contribution in [0.5, 0.6) is 5.75 Å². The van der Waals surface area contributed by atoms with Gasteiger partial charge in [-0.05, 0) is 36.8 Å². The molecule has 0 aromatic carbocycles. The lowest BCUT2D eigenvalue weighted by atomic mass is 9.85. The van der Waals surface area contributed by atoms with Crippen molar-refractivity contribution in [1.29, 1.82) is 0 Å². The summed E-state index contributed by atoms with van der Waals surface area (Å²) in [5.41, 5.74) is 0.483. The van der Waals surface area contributed by atoms with E-state index in [1.807, 2.05) is 6.07 Å². The van der Waals surface area contributed by atoms with Crippen molar-refractivity contribution in [1.82, 2.24) is 4.98 Å². The van der Waals surface area contributed by atoms with Gasteiger partial charge in [0.05, 0.1) is 12.8 Å². The highest BCUT2D eigenvalue weighted by atomic mass is 16.5. The number of carbonyl (C=O) groups is 1. The zero-order chi connectivity index (χ0) is 13.0. The Balaban J connectivity index is 1.90. The molecule has 1 heterocycles. The molecule has 0 aliphatic heterocycles. The van der Waals surface area contributed by atoms with E-state index in [1.165, 1.54) is 6.92 Å². The summed E-state index contributed by atoms with van der Waals surface area (Å²) in [5.74, 6) is 1.95. The monoisotopic (exact) mass is 245 g/mol. The molecule has 96 valence electrons. The number of hydrogen-bond donors (Lipinski definition) is 0. The largest absolute Gasteiger partial charge is 0.492 e. The molecule has 0 spiro atoms. The van der Waals surface area contributed by atoms with Gasteiger partial charge in [0.1, 0.15) is 11.4 Å². The van der Waals surface area contributed by atoms with Crippen LogP contribution < -0.4 is 4.74 Å². The average molecular weight is 245 g/mol. The highest BCUT2D eigenvalue weighted by Gasteiger charge is 2.18. The molecular weight excluding hydrogens is 226 g/mol. The van der Waals surface area contributed by atoms with Gasteiger partial charge < -0.3 is 4.74 Å². The molecule has 3 nitrogen and oxygen atoms in total. The first kappa shape index (κ1) is 12.8. The topological polar surface area (TPSA) is 39.2 Å². The molecule has 1 aromatic rings. The summed E-state index contributed by atoms with van der Waals surface area (Å²) in [4.78, 5) is 15.2. The maximum Gasteiger partial charge on any atom is 0.178 e. The molecular formula is C15H19NO2. The van der Waals surface area contributed by atoms with E-state index in [2.05, 4.69) is 24.1 Å². The molecule has 1 aliphatic carbocycles. The second-order valence-electron chi connectivity index (χ2n) is 4.93. The van der Waals surface area contributed by atoms with E-state index in [4.69, 9.17) is 4.74 Å². The smallest absolute Gasteiger partial charge is 0.178 e. The minimum Gasteiger partial charge on any atom is -0.492 e. The van der Waals surface area contributed by atoms with Gasteiger partial charge in [0, 0.05) is 6.92 Å². The number of carbonyl (C=O) groups excluding carboxylic acids is 1. The third-order valence-electron chi connectivity index (χ3n) is 3.48. The van der Waals surface area contributed by atoms with Crippen molar-refractivity contribution < 1.29 is 9.53 Å². The summed E-state index contributed by atoms with van der Waals surface area (Å²) < 4.78 is 5.74. The van der Waals surface area contributed by atoms with E-state index in [1.54, 1.807) is 12.3 Å². The molecule has 0 N–H and O–H groups in total. The van der Waals surface area contributed by atoms with E-state index in [-0.39, 0.29) is 5.78 Å². The van der Waals surface area contributed by atoms with Gasteiger partial charge in [-0.1, -0.05) is 19.1 Å². The van der Waals surface area contributed by atoms with Gasteiger partial charge in [0.2, 0.25) is 0 Å². The van der Waals surface area contributed by atoms with Crippen LogP contribution in [0.1, 0.15) is 37.2 Å². The number of ketones is 1. The number of ether oxygens (including phenoxy) is 1. The number of aromatic nitrogens is 1. The highest BCUT2D eigenvalue weighted by Crippen LogP contribution is 2.25.